The standard InChI is InChI=1S/C14H13FN2O4/c15-9-3-1-2-8(6-9)7-12-16-13(21-17-12)10-4-5-11(20-10)14(18)19/h1-3,6,10-11H,4-5,7H2,(H,18,19). The van der Waals surface area contributed by atoms with E-state index in [2.05, 4.69) is 10.1 Å². The van der Waals surface area contributed by atoms with E-state index in [1.165, 1.54) is 12.1 Å². The molecule has 0 amide bonds. The highest BCUT2D eigenvalue weighted by atomic mass is 19.1. The first-order valence-corrected chi connectivity index (χ1v) is 6.57. The Kier molecular flexibility index (Phi) is 3.66. The van der Waals surface area contributed by atoms with Crippen molar-refractivity contribution in [2.24, 2.45) is 0 Å². The summed E-state index contributed by atoms with van der Waals surface area (Å²) in [4.78, 5) is 15.0. The first-order valence-electron chi connectivity index (χ1n) is 6.57. The molecule has 1 aromatic carbocycles. The van der Waals surface area contributed by atoms with Crippen LogP contribution >= 0.6 is 0 Å². The monoisotopic (exact) mass is 292 g/mol. The number of halogens is 1. The summed E-state index contributed by atoms with van der Waals surface area (Å²) in [6.45, 7) is 0. The van der Waals surface area contributed by atoms with E-state index in [9.17, 15) is 9.18 Å². The number of carboxylic acids is 1. The first-order chi connectivity index (χ1) is 10.1. The minimum atomic E-state index is -0.989. The zero-order chi connectivity index (χ0) is 14.8. The van der Waals surface area contributed by atoms with Crippen molar-refractivity contribution in [3.05, 3.63) is 47.4 Å². The predicted molar refractivity (Wildman–Crippen MR) is 68.0 cm³/mol. The largest absolute Gasteiger partial charge is 0.479 e. The smallest absolute Gasteiger partial charge is 0.332 e. The highest BCUT2D eigenvalue weighted by Crippen LogP contribution is 2.31. The van der Waals surface area contributed by atoms with Crippen LogP contribution in [0.5, 0.6) is 0 Å². The molecule has 110 valence electrons. The van der Waals surface area contributed by atoms with E-state index in [0.717, 1.165) is 5.56 Å². The number of aliphatic carboxylic acids is 1. The van der Waals surface area contributed by atoms with E-state index < -0.39 is 18.2 Å². The van der Waals surface area contributed by atoms with Crippen molar-refractivity contribution in [3.8, 4) is 0 Å². The van der Waals surface area contributed by atoms with Crippen LogP contribution < -0.4 is 0 Å². The normalized spacial score (nSPS) is 21.6. The lowest BCUT2D eigenvalue weighted by Crippen LogP contribution is -2.18. The quantitative estimate of drug-likeness (QED) is 0.928. The molecule has 6 nitrogen and oxygen atoms in total. The fourth-order valence-corrected chi connectivity index (χ4v) is 2.30. The average Bonchev–Trinajstić information content (AvgIpc) is 3.06. The Hall–Kier alpha value is -2.28. The van der Waals surface area contributed by atoms with Crippen LogP contribution in [0, 0.1) is 5.82 Å². The average molecular weight is 292 g/mol. The van der Waals surface area contributed by atoms with Gasteiger partial charge >= 0.3 is 5.97 Å². The molecule has 1 aliphatic rings. The van der Waals surface area contributed by atoms with Crippen LogP contribution in [0.4, 0.5) is 4.39 Å². The molecule has 1 saturated heterocycles. The second-order valence-electron chi connectivity index (χ2n) is 4.88. The van der Waals surface area contributed by atoms with Crippen molar-refractivity contribution in [2.45, 2.75) is 31.5 Å². The van der Waals surface area contributed by atoms with Gasteiger partial charge in [-0.3, -0.25) is 0 Å². The van der Waals surface area contributed by atoms with Crippen molar-refractivity contribution in [2.75, 3.05) is 0 Å². The molecule has 0 spiro atoms. The number of aromatic nitrogens is 2. The SMILES string of the molecule is O=C(O)C1CCC(c2nc(Cc3cccc(F)c3)no2)O1. The van der Waals surface area contributed by atoms with Gasteiger partial charge in [0.25, 0.3) is 5.89 Å². The van der Waals surface area contributed by atoms with Gasteiger partial charge < -0.3 is 14.4 Å². The number of hydrogen-bond donors (Lipinski definition) is 1. The number of ether oxygens (including phenoxy) is 1. The summed E-state index contributed by atoms with van der Waals surface area (Å²) >= 11 is 0. The third-order valence-electron chi connectivity index (χ3n) is 3.31. The Morgan fingerprint density at radius 1 is 1.43 bits per heavy atom. The Balaban J connectivity index is 1.68. The highest BCUT2D eigenvalue weighted by Gasteiger charge is 2.34. The zero-order valence-electron chi connectivity index (χ0n) is 11.0. The fourth-order valence-electron chi connectivity index (χ4n) is 2.30. The Morgan fingerprint density at radius 3 is 3.00 bits per heavy atom. The van der Waals surface area contributed by atoms with Crippen LogP contribution in [0.1, 0.15) is 36.2 Å². The fraction of sp³-hybridized carbons (Fsp3) is 0.357. The molecule has 2 atom stereocenters. The number of carbonyl (C=O) groups is 1. The van der Waals surface area contributed by atoms with Crippen LogP contribution in [-0.2, 0) is 16.0 Å². The van der Waals surface area contributed by atoms with Crippen LogP contribution in [0.15, 0.2) is 28.8 Å². The maximum Gasteiger partial charge on any atom is 0.332 e. The van der Waals surface area contributed by atoms with Gasteiger partial charge in [-0.25, -0.2) is 9.18 Å². The van der Waals surface area contributed by atoms with Crippen LogP contribution in [-0.4, -0.2) is 27.3 Å². The minimum absolute atomic E-state index is 0.269. The number of carboxylic acid groups (broad SMARTS) is 1. The zero-order valence-corrected chi connectivity index (χ0v) is 11.0. The molecule has 1 N–H and O–H groups in total. The van der Waals surface area contributed by atoms with Gasteiger partial charge in [0.1, 0.15) is 11.9 Å². The van der Waals surface area contributed by atoms with E-state index in [1.54, 1.807) is 12.1 Å². The van der Waals surface area contributed by atoms with Crippen LogP contribution in [0.3, 0.4) is 0 Å². The summed E-state index contributed by atoms with van der Waals surface area (Å²) in [6, 6.07) is 6.15. The maximum absolute atomic E-state index is 13.1. The number of benzene rings is 1. The molecule has 1 fully saturated rings. The highest BCUT2D eigenvalue weighted by molar-refractivity contribution is 5.72. The lowest BCUT2D eigenvalue weighted by Gasteiger charge is -2.05. The van der Waals surface area contributed by atoms with Crippen molar-refractivity contribution in [1.29, 1.82) is 0 Å². The topological polar surface area (TPSA) is 85.5 Å². The summed E-state index contributed by atoms with van der Waals surface area (Å²) in [6.07, 6.45) is -0.0234. The second-order valence-corrected chi connectivity index (χ2v) is 4.88. The lowest BCUT2D eigenvalue weighted by molar-refractivity contribution is -0.150. The Bertz CT molecular complexity index is 658. The van der Waals surface area contributed by atoms with Gasteiger partial charge in [0.2, 0.25) is 0 Å². The van der Waals surface area contributed by atoms with E-state index in [1.807, 2.05) is 0 Å². The third kappa shape index (κ3) is 3.08. The molecule has 0 aliphatic carbocycles. The number of rotatable bonds is 4. The predicted octanol–water partition coefficient (Wildman–Crippen LogP) is 2.10. The molecule has 2 heterocycles. The van der Waals surface area contributed by atoms with E-state index >= 15 is 0 Å². The Morgan fingerprint density at radius 2 is 2.29 bits per heavy atom. The summed E-state index contributed by atoms with van der Waals surface area (Å²) in [7, 11) is 0. The van der Waals surface area contributed by atoms with Gasteiger partial charge in [-0.2, -0.15) is 4.98 Å². The van der Waals surface area contributed by atoms with Gasteiger partial charge in [-0.1, -0.05) is 17.3 Å². The first kappa shape index (κ1) is 13.7. The molecule has 1 aromatic heterocycles. The van der Waals surface area contributed by atoms with Gasteiger partial charge in [-0.05, 0) is 30.5 Å². The van der Waals surface area contributed by atoms with Crippen LogP contribution in [0.25, 0.3) is 0 Å². The van der Waals surface area contributed by atoms with Gasteiger partial charge in [0.05, 0.1) is 0 Å². The molecular formula is C14H13FN2O4. The minimum Gasteiger partial charge on any atom is -0.479 e. The van der Waals surface area contributed by atoms with Crippen molar-refractivity contribution in [3.63, 3.8) is 0 Å². The molecular weight excluding hydrogens is 279 g/mol. The molecule has 0 saturated carbocycles. The molecule has 2 unspecified atom stereocenters. The summed E-state index contributed by atoms with van der Waals surface area (Å²) in [5.41, 5.74) is 0.734. The van der Waals surface area contributed by atoms with Gasteiger partial charge in [0.15, 0.2) is 11.9 Å². The Labute approximate surface area is 119 Å². The molecule has 0 bridgehead atoms. The summed E-state index contributed by atoms with van der Waals surface area (Å²) in [5.74, 6) is -0.625. The maximum atomic E-state index is 13.1. The summed E-state index contributed by atoms with van der Waals surface area (Å²) < 4.78 is 23.5. The van der Waals surface area contributed by atoms with E-state index in [-0.39, 0.29) is 11.7 Å². The molecule has 2 aromatic rings. The van der Waals surface area contributed by atoms with Gasteiger partial charge in [-0.15, -0.1) is 0 Å². The van der Waals surface area contributed by atoms with Crippen molar-refractivity contribution < 1.29 is 23.6 Å². The molecule has 3 rings (SSSR count). The number of nitrogens with zero attached hydrogens (tertiary/aromatic N) is 2. The molecule has 1 aliphatic heterocycles. The van der Waals surface area contributed by atoms with Crippen molar-refractivity contribution >= 4 is 5.97 Å². The van der Waals surface area contributed by atoms with E-state index in [0.29, 0.717) is 25.1 Å². The molecule has 21 heavy (non-hydrogen) atoms. The lowest BCUT2D eigenvalue weighted by atomic mass is 10.1. The van der Waals surface area contributed by atoms with Gasteiger partial charge in [0, 0.05) is 6.42 Å². The molecule has 0 radical (unpaired) electrons. The molecule has 7 heteroatoms. The van der Waals surface area contributed by atoms with E-state index in [4.69, 9.17) is 14.4 Å². The summed E-state index contributed by atoms with van der Waals surface area (Å²) in [5, 5.41) is 12.7. The van der Waals surface area contributed by atoms with Crippen molar-refractivity contribution in [1.82, 2.24) is 10.1 Å². The number of hydrogen-bond acceptors (Lipinski definition) is 5. The third-order valence-corrected chi connectivity index (χ3v) is 3.31. The van der Waals surface area contributed by atoms with Crippen LogP contribution in [0.2, 0.25) is 0 Å². The second kappa shape index (κ2) is 5.61.